The maximum atomic E-state index is 13.1. The van der Waals surface area contributed by atoms with Gasteiger partial charge in [0.1, 0.15) is 0 Å². The normalized spacial score (nSPS) is 47.8. The van der Waals surface area contributed by atoms with Crippen LogP contribution in [-0.2, 0) is 14.3 Å². The minimum atomic E-state index is -0.136. The highest BCUT2D eigenvalue weighted by molar-refractivity contribution is 5.78. The Morgan fingerprint density at radius 3 is 2.37 bits per heavy atom. The van der Waals surface area contributed by atoms with Gasteiger partial charge in [-0.2, -0.15) is 0 Å². The summed E-state index contributed by atoms with van der Waals surface area (Å²) in [6.07, 6.45) is 14.0. The number of fused-ring (bicyclic) bond motifs is 1. The van der Waals surface area contributed by atoms with Crippen LogP contribution in [0.25, 0.3) is 0 Å². The fraction of sp³-hybridized carbons (Fsp3) is 0.971. The van der Waals surface area contributed by atoms with Gasteiger partial charge >= 0.3 is 0 Å². The number of aliphatic hydroxyl groups excluding tert-OH is 1. The van der Waals surface area contributed by atoms with Crippen molar-refractivity contribution in [2.75, 3.05) is 13.2 Å². The van der Waals surface area contributed by atoms with Crippen molar-refractivity contribution >= 4 is 5.91 Å². The Hall–Kier alpha value is -0.690. The second-order valence-corrected chi connectivity index (χ2v) is 15.6. The molecule has 14 atom stereocenters. The molecule has 4 N–H and O–H groups in total. The second-order valence-electron chi connectivity index (χ2n) is 15.6. The predicted octanol–water partition coefficient (Wildman–Crippen LogP) is 5.94. The summed E-state index contributed by atoms with van der Waals surface area (Å²) in [5.74, 6) is 4.11. The zero-order valence-electron chi connectivity index (χ0n) is 27.0. The van der Waals surface area contributed by atoms with Gasteiger partial charge in [-0.1, -0.05) is 72.6 Å². The number of hydrogen-bond donors (Lipinski definition) is 3. The zero-order valence-corrected chi connectivity index (χ0v) is 27.0. The molecule has 236 valence electrons. The third-order valence-electron chi connectivity index (χ3n) is 13.1. The Balaban J connectivity index is 1.52. The molecule has 1 saturated heterocycles. The number of ether oxygens (including phenoxy) is 2. The minimum Gasteiger partial charge on any atom is -0.396 e. The summed E-state index contributed by atoms with van der Waals surface area (Å²) in [4.78, 5) is 13.1. The van der Waals surface area contributed by atoms with Crippen molar-refractivity contribution in [1.82, 2.24) is 5.32 Å². The molecule has 0 aromatic heterocycles. The number of amides is 1. The molecule has 5 aliphatic rings. The van der Waals surface area contributed by atoms with E-state index in [1.54, 1.807) is 0 Å². The molecule has 1 amide bonds. The van der Waals surface area contributed by atoms with Gasteiger partial charge in [0.05, 0.1) is 37.0 Å². The van der Waals surface area contributed by atoms with Crippen LogP contribution in [0.5, 0.6) is 0 Å². The van der Waals surface area contributed by atoms with E-state index >= 15 is 0 Å². The van der Waals surface area contributed by atoms with Gasteiger partial charge in [0.15, 0.2) is 0 Å². The fourth-order valence-electron chi connectivity index (χ4n) is 11.0. The SMILES string of the molecule is CC(CC1CCCCC1)OC1C(C)C(CO)CC(C2(C3OC(C)CC(C)C3C)C3CCCC(C)C32)C1NC(=O)CN. The molecular formula is C35H62N2O4. The van der Waals surface area contributed by atoms with E-state index in [1.807, 2.05) is 0 Å². The van der Waals surface area contributed by atoms with Crippen molar-refractivity contribution in [2.45, 2.75) is 143 Å². The number of aliphatic hydroxyl groups is 1. The van der Waals surface area contributed by atoms with Crippen molar-refractivity contribution in [2.24, 2.45) is 64.4 Å². The first kappa shape index (κ1) is 31.7. The molecule has 6 heteroatoms. The van der Waals surface area contributed by atoms with Gasteiger partial charge in [0, 0.05) is 12.0 Å². The number of carbonyl (C=O) groups excluding carboxylic acids is 1. The number of carbonyl (C=O) groups is 1. The highest BCUT2D eigenvalue weighted by atomic mass is 16.5. The highest BCUT2D eigenvalue weighted by Crippen LogP contribution is 2.76. The van der Waals surface area contributed by atoms with Crippen molar-refractivity contribution in [3.63, 3.8) is 0 Å². The lowest BCUT2D eigenvalue weighted by atomic mass is 9.59. The van der Waals surface area contributed by atoms with Crippen LogP contribution in [0, 0.1) is 58.7 Å². The molecule has 1 heterocycles. The summed E-state index contributed by atoms with van der Waals surface area (Å²) in [5, 5.41) is 14.2. The summed E-state index contributed by atoms with van der Waals surface area (Å²) in [6, 6.07) is -0.112. The molecule has 5 fully saturated rings. The standard InChI is InChI=1S/C35H62N2O4/c1-20-11-10-14-28-31(20)35(28,34-24(5)21(2)15-22(3)41-34)29-17-27(19-38)25(6)33(32(29)37-30(39)18-36)40-23(4)16-26-12-8-7-9-13-26/h20-29,31-34,38H,7-19,36H2,1-6H3,(H,37,39). The number of rotatable bonds is 9. The summed E-state index contributed by atoms with van der Waals surface area (Å²) in [5.41, 5.74) is 5.95. The van der Waals surface area contributed by atoms with E-state index in [9.17, 15) is 9.90 Å². The molecule has 41 heavy (non-hydrogen) atoms. The van der Waals surface area contributed by atoms with Crippen molar-refractivity contribution in [3.05, 3.63) is 0 Å². The summed E-state index contributed by atoms with van der Waals surface area (Å²) in [6.45, 7) is 14.2. The van der Waals surface area contributed by atoms with E-state index in [0.29, 0.717) is 29.6 Å². The van der Waals surface area contributed by atoms with Gasteiger partial charge < -0.3 is 25.6 Å². The second kappa shape index (κ2) is 13.1. The van der Waals surface area contributed by atoms with E-state index in [-0.39, 0.29) is 72.7 Å². The minimum absolute atomic E-state index is 0.00654. The summed E-state index contributed by atoms with van der Waals surface area (Å²) >= 11 is 0. The van der Waals surface area contributed by atoms with Crippen LogP contribution >= 0.6 is 0 Å². The Bertz CT molecular complexity index is 878. The first-order chi connectivity index (χ1) is 19.6. The zero-order chi connectivity index (χ0) is 29.5. The summed E-state index contributed by atoms with van der Waals surface area (Å²) in [7, 11) is 0. The Kier molecular flexibility index (Phi) is 10.2. The van der Waals surface area contributed by atoms with E-state index in [1.165, 1.54) is 51.4 Å². The lowest BCUT2D eigenvalue weighted by molar-refractivity contribution is -0.177. The Morgan fingerprint density at radius 1 is 0.976 bits per heavy atom. The quantitative estimate of drug-likeness (QED) is 0.317. The van der Waals surface area contributed by atoms with Crippen LogP contribution in [0.4, 0.5) is 0 Å². The maximum absolute atomic E-state index is 13.1. The van der Waals surface area contributed by atoms with Gasteiger partial charge in [-0.3, -0.25) is 4.79 Å². The first-order valence-corrected chi connectivity index (χ1v) is 17.5. The largest absolute Gasteiger partial charge is 0.396 e. The first-order valence-electron chi connectivity index (χ1n) is 17.5. The Labute approximate surface area is 250 Å². The molecule has 0 bridgehead atoms. The van der Waals surface area contributed by atoms with Crippen molar-refractivity contribution in [1.29, 1.82) is 0 Å². The van der Waals surface area contributed by atoms with Crippen LogP contribution in [0.15, 0.2) is 0 Å². The fourth-order valence-corrected chi connectivity index (χ4v) is 11.0. The highest BCUT2D eigenvalue weighted by Gasteiger charge is 2.76. The molecular weight excluding hydrogens is 512 g/mol. The van der Waals surface area contributed by atoms with E-state index in [0.717, 1.165) is 25.2 Å². The molecule has 6 nitrogen and oxygen atoms in total. The maximum Gasteiger partial charge on any atom is 0.234 e. The van der Waals surface area contributed by atoms with Gasteiger partial charge in [0.2, 0.25) is 5.91 Å². The number of hydrogen-bond acceptors (Lipinski definition) is 5. The molecule has 0 aromatic carbocycles. The van der Waals surface area contributed by atoms with Crippen LogP contribution in [0.2, 0.25) is 0 Å². The topological polar surface area (TPSA) is 93.8 Å². The third kappa shape index (κ3) is 6.02. The van der Waals surface area contributed by atoms with Gasteiger partial charge in [-0.25, -0.2) is 0 Å². The lowest BCUT2D eigenvalue weighted by Crippen LogP contribution is -2.63. The average Bonchev–Trinajstić information content (AvgIpc) is 3.64. The summed E-state index contributed by atoms with van der Waals surface area (Å²) < 4.78 is 14.1. The molecule has 14 unspecified atom stereocenters. The monoisotopic (exact) mass is 574 g/mol. The molecule has 4 aliphatic carbocycles. The molecule has 1 aliphatic heterocycles. The molecule has 0 aromatic rings. The van der Waals surface area contributed by atoms with Crippen LogP contribution in [0.3, 0.4) is 0 Å². The van der Waals surface area contributed by atoms with Crippen LogP contribution in [-0.4, -0.2) is 54.6 Å². The van der Waals surface area contributed by atoms with Crippen LogP contribution < -0.4 is 11.1 Å². The average molecular weight is 575 g/mol. The van der Waals surface area contributed by atoms with Gasteiger partial charge in [0.25, 0.3) is 0 Å². The van der Waals surface area contributed by atoms with Gasteiger partial charge in [-0.05, 0) is 92.8 Å². The Morgan fingerprint density at radius 2 is 1.71 bits per heavy atom. The number of nitrogens with one attached hydrogen (secondary N) is 1. The van der Waals surface area contributed by atoms with Crippen molar-refractivity contribution < 1.29 is 19.4 Å². The van der Waals surface area contributed by atoms with E-state index in [4.69, 9.17) is 15.2 Å². The predicted molar refractivity (Wildman–Crippen MR) is 164 cm³/mol. The molecule has 0 radical (unpaired) electrons. The van der Waals surface area contributed by atoms with E-state index < -0.39 is 0 Å². The van der Waals surface area contributed by atoms with E-state index in [2.05, 4.69) is 46.9 Å². The van der Waals surface area contributed by atoms with Gasteiger partial charge in [-0.15, -0.1) is 0 Å². The van der Waals surface area contributed by atoms with Crippen LogP contribution in [0.1, 0.15) is 112 Å². The third-order valence-corrected chi connectivity index (χ3v) is 13.1. The lowest BCUT2D eigenvalue weighted by Gasteiger charge is -2.54. The smallest absolute Gasteiger partial charge is 0.234 e. The molecule has 0 spiro atoms. The van der Waals surface area contributed by atoms with Crippen molar-refractivity contribution in [3.8, 4) is 0 Å². The molecule has 5 rings (SSSR count). The molecule has 4 saturated carbocycles. The number of nitrogens with two attached hydrogens (primary N) is 1.